The van der Waals surface area contributed by atoms with Crippen LogP contribution < -0.4 is 0 Å². The summed E-state index contributed by atoms with van der Waals surface area (Å²) in [6.45, 7) is 14.1. The zero-order valence-corrected chi connectivity index (χ0v) is 47.7. The van der Waals surface area contributed by atoms with E-state index in [1.807, 2.05) is 0 Å². The second-order valence-electron chi connectivity index (χ2n) is 23.5. The topological polar surface area (TPSA) is 0 Å². The fraction of sp³-hybridized carbons (Fsp3) is 0.146. The van der Waals surface area contributed by atoms with Crippen molar-refractivity contribution in [3.63, 3.8) is 0 Å². The maximum absolute atomic E-state index is 2.50. The van der Waals surface area contributed by atoms with Gasteiger partial charge >= 0.3 is 0 Å². The van der Waals surface area contributed by atoms with E-state index in [-0.39, 0.29) is 0 Å². The Balaban J connectivity index is 0.861. The summed E-state index contributed by atoms with van der Waals surface area (Å²) < 4.78 is 0. The highest BCUT2D eigenvalue weighted by molar-refractivity contribution is 6.42. The van der Waals surface area contributed by atoms with Gasteiger partial charge in [-0.1, -0.05) is 236 Å². The predicted octanol–water partition coefficient (Wildman–Crippen LogP) is 23.1. The van der Waals surface area contributed by atoms with Gasteiger partial charge in [-0.05, 0) is 247 Å². The molecule has 15 aromatic rings. The van der Waals surface area contributed by atoms with Crippen molar-refractivity contribution in [2.75, 3.05) is 0 Å². The van der Waals surface area contributed by atoms with Gasteiger partial charge in [0.2, 0.25) is 0 Å². The smallest absolute Gasteiger partial charge is 0.00199 e. The summed E-state index contributed by atoms with van der Waals surface area (Å²) in [6, 6.07) is 75.4. The van der Waals surface area contributed by atoms with E-state index in [4.69, 9.17) is 0 Å². The van der Waals surface area contributed by atoms with Crippen LogP contribution in [0.5, 0.6) is 0 Å². The molecule has 0 bridgehead atoms. The number of aryl methyl sites for hydroxylation is 4. The maximum Gasteiger partial charge on any atom is -0.00199 e. The number of hydrogen-bond donors (Lipinski definition) is 0. The van der Waals surface area contributed by atoms with E-state index >= 15 is 0 Å². The Bertz CT molecular complexity index is 4860. The van der Waals surface area contributed by atoms with Gasteiger partial charge in [-0.2, -0.15) is 0 Å². The van der Waals surface area contributed by atoms with Crippen LogP contribution in [0, 0.1) is 0 Å². The van der Waals surface area contributed by atoms with Crippen molar-refractivity contribution in [2.45, 2.75) is 80.1 Å². The van der Waals surface area contributed by atoms with E-state index in [0.29, 0.717) is 0 Å². The molecule has 17 rings (SSSR count). The lowest BCUT2D eigenvalue weighted by molar-refractivity contribution is 1.11. The van der Waals surface area contributed by atoms with Gasteiger partial charge in [0.1, 0.15) is 0 Å². The molecule has 0 heteroatoms. The Morgan fingerprint density at radius 3 is 0.866 bits per heavy atom. The van der Waals surface area contributed by atoms with Crippen molar-refractivity contribution in [1.82, 2.24) is 0 Å². The molecule has 0 heterocycles. The van der Waals surface area contributed by atoms with E-state index < -0.39 is 0 Å². The highest BCUT2D eigenvalue weighted by Gasteiger charge is 2.33. The van der Waals surface area contributed by atoms with Crippen LogP contribution in [0.4, 0.5) is 0 Å². The summed E-state index contributed by atoms with van der Waals surface area (Å²) >= 11 is 0. The van der Waals surface area contributed by atoms with Crippen LogP contribution in [0.15, 0.2) is 194 Å². The molecule has 0 atom stereocenters. The minimum Gasteiger partial charge on any atom is -0.0622 e. The molecular weight excluding hydrogens is 985 g/mol. The number of rotatable bonds is 10. The Kier molecular flexibility index (Phi) is 10.3. The van der Waals surface area contributed by atoms with Gasteiger partial charge < -0.3 is 0 Å². The van der Waals surface area contributed by atoms with Gasteiger partial charge in [0.25, 0.3) is 0 Å². The molecule has 390 valence electrons. The van der Waals surface area contributed by atoms with Gasteiger partial charge in [0.05, 0.1) is 0 Å². The maximum atomic E-state index is 2.50. The van der Waals surface area contributed by atoms with E-state index in [9.17, 15) is 0 Å². The van der Waals surface area contributed by atoms with Gasteiger partial charge in [0.15, 0.2) is 0 Å². The van der Waals surface area contributed by atoms with Crippen LogP contribution >= 0.6 is 0 Å². The number of benzene rings is 13. The molecule has 0 nitrogen and oxygen atoms in total. The largest absolute Gasteiger partial charge is 0.0622 e. The first kappa shape index (κ1) is 47.7. The fourth-order valence-electron chi connectivity index (χ4n) is 16.8. The minimum atomic E-state index is 0.949. The molecule has 0 amide bonds. The summed E-state index contributed by atoms with van der Waals surface area (Å²) in [6.07, 6.45) is 5.83. The summed E-state index contributed by atoms with van der Waals surface area (Å²) in [5.41, 5.74) is 30.6. The van der Waals surface area contributed by atoms with Gasteiger partial charge in [0, 0.05) is 0 Å². The lowest BCUT2D eigenvalue weighted by Crippen LogP contribution is -1.97. The summed E-state index contributed by atoms with van der Waals surface area (Å²) in [4.78, 5) is 0. The van der Waals surface area contributed by atoms with Gasteiger partial charge in [-0.15, -0.1) is 0 Å². The molecule has 0 saturated carbocycles. The molecular formula is C82H62. The molecule has 0 N–H and O–H groups in total. The van der Waals surface area contributed by atoms with E-state index in [0.717, 1.165) is 38.5 Å². The lowest BCUT2D eigenvalue weighted by Gasteiger charge is -2.18. The molecule has 0 spiro atoms. The first-order valence-corrected chi connectivity index (χ1v) is 30.5. The van der Waals surface area contributed by atoms with Crippen LogP contribution in [-0.2, 0) is 38.5 Å². The third-order valence-corrected chi connectivity index (χ3v) is 20.0. The molecule has 0 aliphatic heterocycles. The van der Waals surface area contributed by atoms with Crippen molar-refractivity contribution >= 4 is 86.2 Å². The Morgan fingerprint density at radius 2 is 0.500 bits per heavy atom. The van der Waals surface area contributed by atoms with Crippen molar-refractivity contribution in [1.29, 1.82) is 0 Å². The molecule has 0 aromatic heterocycles. The number of hydrogen-bond acceptors (Lipinski definition) is 0. The number of fused-ring (bicyclic) bond motifs is 12. The molecule has 15 aromatic carbocycles. The molecule has 0 unspecified atom stereocenters. The monoisotopic (exact) mass is 1050 g/mol. The summed E-state index contributed by atoms with van der Waals surface area (Å²) in [5.74, 6) is 0. The van der Waals surface area contributed by atoms with Crippen LogP contribution in [0.25, 0.3) is 175 Å². The highest BCUT2D eigenvalue weighted by Crippen LogP contribution is 2.58. The third-order valence-electron chi connectivity index (χ3n) is 20.0. The molecule has 82 heavy (non-hydrogen) atoms. The lowest BCUT2D eigenvalue weighted by atomic mass is 9.85. The van der Waals surface area contributed by atoms with Crippen molar-refractivity contribution in [3.8, 4) is 89.0 Å². The van der Waals surface area contributed by atoms with Gasteiger partial charge in [-0.3, -0.25) is 0 Å². The second-order valence-corrected chi connectivity index (χ2v) is 23.5. The standard InChI is InChI=1S/C82H62/c1-7-45-43-69(47-23-15-13-16-24-47)49(9-3)77-61-31-19-27-57-53(35-39-65(71(45)77)73(57)61)55-37-41-67-75-59(55)29-21-33-63(75)79-51(11-5)80-64-34-22-30-60-56(38-42-68(76(60)64)82(80)52(12-6)81(67)79)54-36-40-66-72-46(8-2)44-70(48-25-17-14-18-26-48)50(10-4)78(72)62-32-20-28-58(54)74(62)66/h13-44H,7-12H2,1-6H3. The summed E-state index contributed by atoms with van der Waals surface area (Å²) in [7, 11) is 0. The predicted molar refractivity (Wildman–Crippen MR) is 356 cm³/mol. The van der Waals surface area contributed by atoms with Crippen molar-refractivity contribution < 1.29 is 0 Å². The first-order valence-electron chi connectivity index (χ1n) is 30.5. The van der Waals surface area contributed by atoms with Crippen LogP contribution in [0.2, 0.25) is 0 Å². The van der Waals surface area contributed by atoms with Crippen molar-refractivity contribution in [2.24, 2.45) is 0 Å². The molecule has 2 aliphatic carbocycles. The molecule has 2 aliphatic rings. The zero-order chi connectivity index (χ0) is 54.8. The quantitative estimate of drug-likeness (QED) is 0.128. The normalized spacial score (nSPS) is 12.6. The first-order chi connectivity index (χ1) is 40.5. The second kappa shape index (κ2) is 17.7. The van der Waals surface area contributed by atoms with Crippen LogP contribution in [-0.4, -0.2) is 0 Å². The van der Waals surface area contributed by atoms with Gasteiger partial charge in [-0.25, -0.2) is 0 Å². The average Bonchev–Trinajstić information content (AvgIpc) is 2.93. The van der Waals surface area contributed by atoms with Crippen LogP contribution in [0.1, 0.15) is 74.9 Å². The SMILES string of the molecule is CCc1cc(-c2ccccc2)c(CC)c2c1-c1ccc(-c3ccc4c5c(CC)c6c7ccc(-c8ccc9c%10c(cccc8%10)-c8c(CC)c(-c%10ccccc%10)cc(CC)c8-9)c8cccc(c6c(CC)c5c5cccc3c54)c87)c3cccc-2c13. The molecule has 0 fully saturated rings. The van der Waals surface area contributed by atoms with E-state index in [1.54, 1.807) is 0 Å². The minimum absolute atomic E-state index is 0.949. The molecule has 0 saturated heterocycles. The summed E-state index contributed by atoms with van der Waals surface area (Å²) in [5, 5.41) is 22.3. The highest BCUT2D eigenvalue weighted by atomic mass is 14.4. The fourth-order valence-corrected chi connectivity index (χ4v) is 16.8. The zero-order valence-electron chi connectivity index (χ0n) is 47.7. The van der Waals surface area contributed by atoms with Crippen LogP contribution in [0.3, 0.4) is 0 Å². The third kappa shape index (κ3) is 6.07. The van der Waals surface area contributed by atoms with E-state index in [2.05, 4.69) is 236 Å². The Morgan fingerprint density at radius 1 is 0.195 bits per heavy atom. The molecule has 0 radical (unpaired) electrons. The Labute approximate surface area is 480 Å². The van der Waals surface area contributed by atoms with E-state index in [1.165, 1.54) is 209 Å². The van der Waals surface area contributed by atoms with Crippen molar-refractivity contribution in [3.05, 3.63) is 228 Å². The Hall–Kier alpha value is -9.10. The average molecular weight is 1050 g/mol.